The van der Waals surface area contributed by atoms with Gasteiger partial charge in [0.15, 0.2) is 0 Å². The van der Waals surface area contributed by atoms with E-state index >= 15 is 0 Å². The van der Waals surface area contributed by atoms with Gasteiger partial charge in [0.25, 0.3) is 0 Å². The second-order valence-corrected chi connectivity index (χ2v) is 7.48. The van der Waals surface area contributed by atoms with Gasteiger partial charge in [-0.25, -0.2) is 0 Å². The Labute approximate surface area is 147 Å². The molecule has 2 aromatic rings. The van der Waals surface area contributed by atoms with Gasteiger partial charge in [0.1, 0.15) is 6.04 Å². The number of carbonyl (C=O) groups is 1. The number of carbonyl (C=O) groups excluding carboxylic acids is 1. The monoisotopic (exact) mass is 343 g/mol. The van der Waals surface area contributed by atoms with E-state index in [1.165, 1.54) is 17.7 Å². The molecule has 0 spiro atoms. The first-order valence-corrected chi connectivity index (χ1v) is 9.36. The number of nitrogens with two attached hydrogens (primary N) is 1. The molecule has 1 aliphatic rings. The van der Waals surface area contributed by atoms with Crippen LogP contribution in [0, 0.1) is 5.92 Å². The molecule has 1 fully saturated rings. The molecule has 1 amide bonds. The quantitative estimate of drug-likeness (QED) is 0.848. The van der Waals surface area contributed by atoms with Crippen molar-refractivity contribution in [2.45, 2.75) is 24.9 Å². The van der Waals surface area contributed by atoms with Crippen LogP contribution in [-0.4, -0.2) is 30.9 Å². The minimum absolute atomic E-state index is 0.321. The molecule has 1 saturated heterocycles. The maximum absolute atomic E-state index is 11.9. The number of nitrogens with zero attached hydrogens (tertiary/aromatic N) is 1. The van der Waals surface area contributed by atoms with Crippen LogP contribution in [0.15, 0.2) is 47.8 Å². The number of thiophene rings is 1. The molecule has 0 radical (unpaired) electrons. The molecule has 5 heteroatoms. The summed E-state index contributed by atoms with van der Waals surface area (Å²) in [6.07, 6.45) is 2.36. The summed E-state index contributed by atoms with van der Waals surface area (Å²) in [6, 6.07) is 14.0. The molecule has 1 aliphatic heterocycles. The number of amides is 1. The number of rotatable bonds is 6. The van der Waals surface area contributed by atoms with Gasteiger partial charge in [0.05, 0.1) is 0 Å². The molecule has 0 saturated carbocycles. The minimum atomic E-state index is -0.428. The highest BCUT2D eigenvalue weighted by Crippen LogP contribution is 2.37. The van der Waals surface area contributed by atoms with Gasteiger partial charge in [-0.1, -0.05) is 36.4 Å². The summed E-state index contributed by atoms with van der Waals surface area (Å²) in [7, 11) is 2.19. The number of hydrogen-bond acceptors (Lipinski definition) is 4. The van der Waals surface area contributed by atoms with Crippen molar-refractivity contribution in [1.82, 2.24) is 10.2 Å². The summed E-state index contributed by atoms with van der Waals surface area (Å²) in [5, 5.41) is 5.56. The largest absolute Gasteiger partial charge is 0.368 e. The zero-order chi connectivity index (χ0) is 16.9. The predicted molar refractivity (Wildman–Crippen MR) is 98.8 cm³/mol. The maximum atomic E-state index is 11.9. The van der Waals surface area contributed by atoms with Gasteiger partial charge in [-0.3, -0.25) is 9.69 Å². The van der Waals surface area contributed by atoms with Crippen molar-refractivity contribution in [3.05, 3.63) is 58.3 Å². The van der Waals surface area contributed by atoms with Crippen LogP contribution in [0.2, 0.25) is 0 Å². The van der Waals surface area contributed by atoms with E-state index in [9.17, 15) is 4.79 Å². The molecule has 3 N–H and O–H groups in total. The Morgan fingerprint density at radius 3 is 2.79 bits per heavy atom. The Bertz CT molecular complexity index is 644. The fraction of sp³-hybridized carbons (Fsp3) is 0.421. The Hall–Kier alpha value is -1.69. The van der Waals surface area contributed by atoms with E-state index in [2.05, 4.69) is 34.8 Å². The van der Waals surface area contributed by atoms with Gasteiger partial charge in [0, 0.05) is 17.5 Å². The molecule has 0 aliphatic carbocycles. The number of benzene rings is 1. The molecule has 1 aromatic heterocycles. The average Bonchev–Trinajstić information content (AvgIpc) is 3.10. The van der Waals surface area contributed by atoms with E-state index in [-0.39, 0.29) is 5.91 Å². The lowest BCUT2D eigenvalue weighted by atomic mass is 9.88. The third-order valence-electron chi connectivity index (χ3n) is 4.84. The van der Waals surface area contributed by atoms with E-state index in [0.717, 1.165) is 18.7 Å². The molecule has 128 valence electrons. The van der Waals surface area contributed by atoms with Crippen LogP contribution in [0.25, 0.3) is 0 Å². The predicted octanol–water partition coefficient (Wildman–Crippen LogP) is 2.95. The van der Waals surface area contributed by atoms with Crippen LogP contribution in [-0.2, 0) is 4.79 Å². The summed E-state index contributed by atoms with van der Waals surface area (Å²) in [5.41, 5.74) is 6.56. The van der Waals surface area contributed by atoms with Gasteiger partial charge < -0.3 is 11.1 Å². The Balaban J connectivity index is 1.72. The zero-order valence-electron chi connectivity index (χ0n) is 14.0. The third-order valence-corrected chi connectivity index (χ3v) is 5.79. The number of hydrogen-bond donors (Lipinski definition) is 2. The summed E-state index contributed by atoms with van der Waals surface area (Å²) < 4.78 is 0. The molecule has 4 nitrogen and oxygen atoms in total. The smallest absolute Gasteiger partial charge is 0.239 e. The fourth-order valence-corrected chi connectivity index (χ4v) is 4.66. The summed E-state index contributed by atoms with van der Waals surface area (Å²) in [6.45, 7) is 1.91. The molecule has 24 heavy (non-hydrogen) atoms. The second kappa shape index (κ2) is 7.92. The van der Waals surface area contributed by atoms with Crippen LogP contribution in [0.1, 0.15) is 35.4 Å². The molecule has 2 heterocycles. The van der Waals surface area contributed by atoms with E-state index in [1.54, 1.807) is 0 Å². The number of likely N-dealkylation sites (tertiary alicyclic amines) is 1. The van der Waals surface area contributed by atoms with Crippen molar-refractivity contribution >= 4 is 17.2 Å². The third kappa shape index (κ3) is 3.86. The van der Waals surface area contributed by atoms with E-state index < -0.39 is 6.04 Å². The first-order valence-electron chi connectivity index (χ1n) is 8.48. The molecular formula is C19H25N3OS. The highest BCUT2D eigenvalue weighted by molar-refractivity contribution is 7.10. The van der Waals surface area contributed by atoms with Crippen molar-refractivity contribution in [3.8, 4) is 0 Å². The van der Waals surface area contributed by atoms with Gasteiger partial charge in [-0.15, -0.1) is 11.3 Å². The Morgan fingerprint density at radius 2 is 2.12 bits per heavy atom. The molecule has 3 atom stereocenters. The topological polar surface area (TPSA) is 58.4 Å². The van der Waals surface area contributed by atoms with Gasteiger partial charge in [-0.2, -0.15) is 0 Å². The number of primary amides is 1. The second-order valence-electron chi connectivity index (χ2n) is 6.50. The zero-order valence-corrected chi connectivity index (χ0v) is 14.8. The molecule has 3 rings (SSSR count). The summed E-state index contributed by atoms with van der Waals surface area (Å²) in [4.78, 5) is 15.7. The van der Waals surface area contributed by atoms with Crippen LogP contribution in [0.3, 0.4) is 0 Å². The lowest BCUT2D eigenvalue weighted by Gasteiger charge is -2.39. The van der Waals surface area contributed by atoms with Crippen molar-refractivity contribution in [3.63, 3.8) is 0 Å². The van der Waals surface area contributed by atoms with E-state index in [1.807, 2.05) is 41.7 Å². The SMILES string of the molecule is CN1CCC[C@H](CN[C@H](C(N)=O)c2ccccc2)[C@H]1c1cccs1. The molecule has 1 aromatic carbocycles. The minimum Gasteiger partial charge on any atom is -0.368 e. The lowest BCUT2D eigenvalue weighted by molar-refractivity contribution is -0.120. The molecular weight excluding hydrogens is 318 g/mol. The highest BCUT2D eigenvalue weighted by atomic mass is 32.1. The lowest BCUT2D eigenvalue weighted by Crippen LogP contribution is -2.43. The standard InChI is InChI=1S/C19H25N3OS/c1-22-11-5-9-15(18(22)16-10-6-12-24-16)13-21-17(19(20)23)14-7-3-2-4-8-14/h2-4,6-8,10,12,15,17-18,21H,5,9,11,13H2,1H3,(H2,20,23)/t15-,17+,18+/m1/s1. The first kappa shape index (κ1) is 17.1. The first-order chi connectivity index (χ1) is 11.7. The van der Waals surface area contributed by atoms with Crippen molar-refractivity contribution < 1.29 is 4.79 Å². The molecule has 0 unspecified atom stereocenters. The average molecular weight is 343 g/mol. The van der Waals surface area contributed by atoms with Crippen LogP contribution >= 0.6 is 11.3 Å². The van der Waals surface area contributed by atoms with E-state index in [4.69, 9.17) is 5.73 Å². The van der Waals surface area contributed by atoms with Crippen LogP contribution < -0.4 is 11.1 Å². The normalized spacial score (nSPS) is 23.0. The van der Waals surface area contributed by atoms with E-state index in [0.29, 0.717) is 12.0 Å². The summed E-state index contributed by atoms with van der Waals surface area (Å²) >= 11 is 1.81. The van der Waals surface area contributed by atoms with Gasteiger partial charge in [-0.05, 0) is 49.4 Å². The fourth-order valence-electron chi connectivity index (χ4n) is 3.68. The van der Waals surface area contributed by atoms with Crippen LogP contribution in [0.4, 0.5) is 0 Å². The summed E-state index contributed by atoms with van der Waals surface area (Å²) in [5.74, 6) is 0.158. The van der Waals surface area contributed by atoms with Crippen molar-refractivity contribution in [2.24, 2.45) is 11.7 Å². The Morgan fingerprint density at radius 1 is 1.33 bits per heavy atom. The van der Waals surface area contributed by atoms with Gasteiger partial charge in [0.2, 0.25) is 5.91 Å². The number of nitrogens with one attached hydrogen (secondary N) is 1. The maximum Gasteiger partial charge on any atom is 0.239 e. The Kier molecular flexibility index (Phi) is 5.66. The highest BCUT2D eigenvalue weighted by Gasteiger charge is 2.32. The van der Waals surface area contributed by atoms with Crippen LogP contribution in [0.5, 0.6) is 0 Å². The number of piperidine rings is 1. The van der Waals surface area contributed by atoms with Gasteiger partial charge >= 0.3 is 0 Å². The molecule has 0 bridgehead atoms. The van der Waals surface area contributed by atoms with Crippen molar-refractivity contribution in [2.75, 3.05) is 20.1 Å². The van der Waals surface area contributed by atoms with Crippen molar-refractivity contribution in [1.29, 1.82) is 0 Å².